The van der Waals surface area contributed by atoms with Crippen LogP contribution < -0.4 is 5.56 Å². The normalized spacial score (nSPS) is 13.9. The molecule has 0 aliphatic heterocycles. The molecule has 0 atom stereocenters. The summed E-state index contributed by atoms with van der Waals surface area (Å²) < 4.78 is 35.8. The molecule has 6 rings (SSSR count). The number of hydrogen-bond acceptors (Lipinski definition) is 6. The number of furan rings is 1. The van der Waals surface area contributed by atoms with E-state index < -0.39 is 6.55 Å². The number of aromatic nitrogens is 4. The van der Waals surface area contributed by atoms with Crippen molar-refractivity contribution >= 4 is 44.3 Å². The van der Waals surface area contributed by atoms with Crippen molar-refractivity contribution in [1.82, 2.24) is 19.1 Å². The number of hydrogen-bond donors (Lipinski definition) is 0. The maximum Gasteiger partial charge on any atom is 0.320 e. The Morgan fingerprint density at radius 3 is 2.79 bits per heavy atom. The molecule has 0 saturated carbocycles. The second-order valence-corrected chi connectivity index (χ2v) is 10.2. The molecule has 0 N–H and O–H groups in total. The Hall–Kier alpha value is -2.98. The molecule has 0 fully saturated rings. The van der Waals surface area contributed by atoms with Gasteiger partial charge in [0, 0.05) is 4.88 Å². The first-order valence-electron chi connectivity index (χ1n) is 11.0. The van der Waals surface area contributed by atoms with Crippen molar-refractivity contribution < 1.29 is 13.2 Å². The molecule has 1 aliphatic carbocycles. The first-order valence-corrected chi connectivity index (χ1v) is 12.8. The van der Waals surface area contributed by atoms with Gasteiger partial charge in [-0.3, -0.25) is 13.9 Å². The smallest absolute Gasteiger partial charge is 0.320 e. The molecule has 5 aromatic rings. The van der Waals surface area contributed by atoms with Gasteiger partial charge in [-0.2, -0.15) is 8.78 Å². The molecule has 10 heteroatoms. The standard InChI is InChI=1S/C24H20F2N4O2S2/c25-23(26)30-17-9-3-2-8-16(17)27-19(30)13-33-24-28-21-20(15-7-1-4-10-18(15)34-21)22(31)29(24)12-14-6-5-11-32-14/h2-3,5-6,8-9,11,23H,1,4,7,10,12-13H2. The molecule has 1 aliphatic rings. The molecule has 0 saturated heterocycles. The predicted octanol–water partition coefficient (Wildman–Crippen LogP) is 6.02. The zero-order valence-corrected chi connectivity index (χ0v) is 19.7. The van der Waals surface area contributed by atoms with Crippen LogP contribution >= 0.6 is 23.1 Å². The monoisotopic (exact) mass is 498 g/mol. The van der Waals surface area contributed by atoms with Crippen molar-refractivity contribution in [2.75, 3.05) is 0 Å². The van der Waals surface area contributed by atoms with E-state index in [1.54, 1.807) is 52.5 Å². The fourth-order valence-corrected chi connectivity index (χ4v) is 6.80. The fraction of sp³-hybridized carbons (Fsp3) is 0.292. The number of nitrogens with zero attached hydrogens (tertiary/aromatic N) is 4. The van der Waals surface area contributed by atoms with E-state index >= 15 is 0 Å². The molecule has 4 heterocycles. The Morgan fingerprint density at radius 1 is 1.12 bits per heavy atom. The lowest BCUT2D eigenvalue weighted by Crippen LogP contribution is -2.24. The number of alkyl halides is 2. The number of imidazole rings is 1. The largest absolute Gasteiger partial charge is 0.467 e. The summed E-state index contributed by atoms with van der Waals surface area (Å²) >= 11 is 2.82. The molecular weight excluding hydrogens is 478 g/mol. The highest BCUT2D eigenvalue weighted by Crippen LogP contribution is 2.35. The lowest BCUT2D eigenvalue weighted by atomic mass is 9.97. The van der Waals surface area contributed by atoms with Gasteiger partial charge in [0.2, 0.25) is 0 Å². The minimum absolute atomic E-state index is 0.106. The van der Waals surface area contributed by atoms with Crippen molar-refractivity contribution in [2.45, 2.75) is 49.7 Å². The van der Waals surface area contributed by atoms with E-state index in [2.05, 4.69) is 4.98 Å². The van der Waals surface area contributed by atoms with E-state index in [1.165, 1.54) is 16.6 Å². The average Bonchev–Trinajstić information content (AvgIpc) is 3.56. The number of para-hydroxylation sites is 2. The second kappa shape index (κ2) is 8.66. The number of halogens is 2. The van der Waals surface area contributed by atoms with E-state index in [0.717, 1.165) is 40.6 Å². The number of benzene rings is 1. The third-order valence-electron chi connectivity index (χ3n) is 6.13. The first-order chi connectivity index (χ1) is 16.6. The van der Waals surface area contributed by atoms with Gasteiger partial charge < -0.3 is 4.42 Å². The maximum atomic E-state index is 13.9. The van der Waals surface area contributed by atoms with Crippen LogP contribution in [0.5, 0.6) is 0 Å². The average molecular weight is 499 g/mol. The molecule has 174 valence electrons. The Labute approximate surface area is 201 Å². The van der Waals surface area contributed by atoms with Crippen molar-refractivity contribution in [3.8, 4) is 0 Å². The van der Waals surface area contributed by atoms with Crippen LogP contribution in [0, 0.1) is 0 Å². The maximum absolute atomic E-state index is 13.9. The summed E-state index contributed by atoms with van der Waals surface area (Å²) in [5, 5.41) is 1.16. The molecule has 0 unspecified atom stereocenters. The van der Waals surface area contributed by atoms with Gasteiger partial charge in [-0.1, -0.05) is 23.9 Å². The number of rotatable bonds is 6. The fourth-order valence-electron chi connectivity index (χ4n) is 4.57. The molecule has 0 amide bonds. The van der Waals surface area contributed by atoms with Gasteiger partial charge in [-0.25, -0.2) is 9.97 Å². The van der Waals surface area contributed by atoms with Crippen LogP contribution in [0.4, 0.5) is 8.78 Å². The SMILES string of the molecule is O=c1c2c3c(sc2nc(SCc2nc4ccccc4n2C(F)F)n1Cc1ccco1)CCCC3. The molecule has 0 radical (unpaired) electrons. The zero-order valence-electron chi connectivity index (χ0n) is 18.0. The summed E-state index contributed by atoms with van der Waals surface area (Å²) in [6.45, 7) is -2.49. The third kappa shape index (κ3) is 3.65. The topological polar surface area (TPSA) is 65.8 Å². The number of thioether (sulfide) groups is 1. The summed E-state index contributed by atoms with van der Waals surface area (Å²) in [5.74, 6) is 1.03. The first kappa shape index (κ1) is 21.5. The highest BCUT2D eigenvalue weighted by atomic mass is 32.2. The van der Waals surface area contributed by atoms with Crippen LogP contribution in [0.25, 0.3) is 21.3 Å². The van der Waals surface area contributed by atoms with Crippen molar-refractivity contribution in [1.29, 1.82) is 0 Å². The van der Waals surface area contributed by atoms with E-state index in [1.807, 2.05) is 6.07 Å². The molecular formula is C24H20F2N4O2S2. The summed E-state index contributed by atoms with van der Waals surface area (Å²) in [5.41, 5.74) is 1.91. The molecule has 34 heavy (non-hydrogen) atoms. The highest BCUT2D eigenvalue weighted by Gasteiger charge is 2.24. The summed E-state index contributed by atoms with van der Waals surface area (Å²) in [7, 11) is 0. The van der Waals surface area contributed by atoms with Crippen molar-refractivity contribution in [3.63, 3.8) is 0 Å². The highest BCUT2D eigenvalue weighted by molar-refractivity contribution is 7.98. The zero-order chi connectivity index (χ0) is 23.2. The summed E-state index contributed by atoms with van der Waals surface area (Å²) in [6, 6.07) is 10.4. The van der Waals surface area contributed by atoms with Crippen molar-refractivity contribution in [3.05, 3.63) is 75.0 Å². The molecule has 4 aromatic heterocycles. The van der Waals surface area contributed by atoms with Crippen LogP contribution in [0.2, 0.25) is 0 Å². The Bertz CT molecular complexity index is 1550. The van der Waals surface area contributed by atoms with E-state index in [9.17, 15) is 13.6 Å². The van der Waals surface area contributed by atoms with Gasteiger partial charge in [0.1, 0.15) is 16.4 Å². The van der Waals surface area contributed by atoms with Gasteiger partial charge in [-0.15, -0.1) is 11.3 Å². The molecule has 0 spiro atoms. The van der Waals surface area contributed by atoms with Crippen LogP contribution in [-0.2, 0) is 25.1 Å². The van der Waals surface area contributed by atoms with Gasteiger partial charge in [-0.05, 0) is 55.5 Å². The minimum Gasteiger partial charge on any atom is -0.467 e. The number of aryl methyl sites for hydroxylation is 2. The molecule has 1 aromatic carbocycles. The lowest BCUT2D eigenvalue weighted by molar-refractivity contribution is 0.0722. The third-order valence-corrected chi connectivity index (χ3v) is 8.29. The van der Waals surface area contributed by atoms with Gasteiger partial charge in [0.25, 0.3) is 5.56 Å². The van der Waals surface area contributed by atoms with E-state index in [-0.39, 0.29) is 23.7 Å². The van der Waals surface area contributed by atoms with Gasteiger partial charge >= 0.3 is 6.55 Å². The minimum atomic E-state index is -2.72. The van der Waals surface area contributed by atoms with Crippen LogP contribution in [0.1, 0.15) is 41.4 Å². The number of thiophene rings is 1. The van der Waals surface area contributed by atoms with Gasteiger partial charge in [0.05, 0.1) is 35.0 Å². The van der Waals surface area contributed by atoms with E-state index in [0.29, 0.717) is 27.3 Å². The molecule has 6 nitrogen and oxygen atoms in total. The molecule has 0 bridgehead atoms. The van der Waals surface area contributed by atoms with Gasteiger partial charge in [0.15, 0.2) is 5.16 Å². The van der Waals surface area contributed by atoms with Crippen LogP contribution in [0.3, 0.4) is 0 Å². The Kier molecular flexibility index (Phi) is 5.49. The predicted molar refractivity (Wildman–Crippen MR) is 129 cm³/mol. The van der Waals surface area contributed by atoms with Crippen LogP contribution in [-0.4, -0.2) is 19.1 Å². The summed E-state index contributed by atoms with van der Waals surface area (Å²) in [6.07, 6.45) is 5.60. The second-order valence-electron chi connectivity index (χ2n) is 8.21. The number of fused-ring (bicyclic) bond motifs is 4. The Morgan fingerprint density at radius 2 is 1.97 bits per heavy atom. The Balaban J connectivity index is 1.44. The summed E-state index contributed by atoms with van der Waals surface area (Å²) in [4.78, 5) is 24.9. The van der Waals surface area contributed by atoms with Crippen LogP contribution in [0.15, 0.2) is 57.0 Å². The quantitative estimate of drug-likeness (QED) is 0.212. The lowest BCUT2D eigenvalue weighted by Gasteiger charge is -2.13. The van der Waals surface area contributed by atoms with Crippen molar-refractivity contribution in [2.24, 2.45) is 0 Å². The van der Waals surface area contributed by atoms with E-state index in [4.69, 9.17) is 9.40 Å².